The van der Waals surface area contributed by atoms with Gasteiger partial charge in [0.25, 0.3) is 0 Å². The van der Waals surface area contributed by atoms with Gasteiger partial charge >= 0.3 is 6.03 Å². The minimum absolute atomic E-state index is 0.0215. The van der Waals surface area contributed by atoms with E-state index in [-0.39, 0.29) is 12.1 Å². The van der Waals surface area contributed by atoms with Crippen LogP contribution in [0, 0.1) is 0 Å². The molecule has 5 heteroatoms. The van der Waals surface area contributed by atoms with Gasteiger partial charge in [-0.25, -0.2) is 4.79 Å². The van der Waals surface area contributed by atoms with Crippen LogP contribution in [0.4, 0.5) is 4.79 Å². The van der Waals surface area contributed by atoms with Gasteiger partial charge in [0.15, 0.2) is 0 Å². The summed E-state index contributed by atoms with van der Waals surface area (Å²) in [7, 11) is 0. The lowest BCUT2D eigenvalue weighted by Gasteiger charge is -2.26. The zero-order chi connectivity index (χ0) is 13.8. The number of nitrogens with one attached hydrogen (secondary N) is 2. The van der Waals surface area contributed by atoms with Crippen LogP contribution in [0.3, 0.4) is 0 Å². The van der Waals surface area contributed by atoms with Crippen molar-refractivity contribution in [1.29, 1.82) is 0 Å². The first kappa shape index (κ1) is 13.0. The number of benzene rings is 1. The second-order valence-electron chi connectivity index (χ2n) is 4.73. The Hall–Kier alpha value is -2.01. The van der Waals surface area contributed by atoms with Gasteiger partial charge in [0.05, 0.1) is 12.6 Å². The Balaban J connectivity index is 1.50. The fraction of sp³-hybridized carbons (Fsp3) is 0.267. The van der Waals surface area contributed by atoms with Crippen molar-refractivity contribution in [3.8, 4) is 5.75 Å². The predicted octanol–water partition coefficient (Wildman–Crippen LogP) is 2.55. The Morgan fingerprint density at radius 2 is 2.20 bits per heavy atom. The number of hydrogen-bond donors (Lipinski definition) is 2. The predicted molar refractivity (Wildman–Crippen MR) is 79.1 cm³/mol. The molecule has 1 atom stereocenters. The molecule has 3 rings (SSSR count). The summed E-state index contributed by atoms with van der Waals surface area (Å²) in [6.07, 6.45) is 0.808. The third kappa shape index (κ3) is 3.11. The minimum atomic E-state index is -0.147. The van der Waals surface area contributed by atoms with Crippen molar-refractivity contribution in [2.75, 3.05) is 6.61 Å². The molecule has 4 nitrogen and oxygen atoms in total. The van der Waals surface area contributed by atoms with E-state index >= 15 is 0 Å². The Bertz CT molecular complexity index is 583. The maximum atomic E-state index is 11.8. The van der Waals surface area contributed by atoms with E-state index < -0.39 is 0 Å². The van der Waals surface area contributed by atoms with Gasteiger partial charge in [-0.15, -0.1) is 11.3 Å². The molecule has 0 saturated carbocycles. The van der Waals surface area contributed by atoms with Gasteiger partial charge in [0, 0.05) is 4.88 Å². The summed E-state index contributed by atoms with van der Waals surface area (Å²) in [5, 5.41) is 7.81. The molecule has 1 aromatic heterocycles. The van der Waals surface area contributed by atoms with E-state index in [9.17, 15) is 4.79 Å². The number of hydrogen-bond acceptors (Lipinski definition) is 3. The van der Waals surface area contributed by atoms with Crippen molar-refractivity contribution in [3.05, 3.63) is 52.2 Å². The van der Waals surface area contributed by atoms with Crippen LogP contribution >= 0.6 is 11.3 Å². The Labute approximate surface area is 121 Å². The second kappa shape index (κ2) is 5.96. The summed E-state index contributed by atoms with van der Waals surface area (Å²) >= 11 is 1.63. The summed E-state index contributed by atoms with van der Waals surface area (Å²) in [5.74, 6) is 0.921. The zero-order valence-corrected chi connectivity index (χ0v) is 11.8. The van der Waals surface area contributed by atoms with E-state index in [0.29, 0.717) is 13.2 Å². The van der Waals surface area contributed by atoms with E-state index in [2.05, 4.69) is 10.6 Å². The molecule has 20 heavy (non-hydrogen) atoms. The zero-order valence-electron chi connectivity index (χ0n) is 11.0. The van der Waals surface area contributed by atoms with Gasteiger partial charge in [-0.2, -0.15) is 0 Å². The van der Waals surface area contributed by atoms with Gasteiger partial charge in [0.1, 0.15) is 12.4 Å². The Kier molecular flexibility index (Phi) is 3.87. The van der Waals surface area contributed by atoms with E-state index in [1.807, 2.05) is 41.8 Å². The van der Waals surface area contributed by atoms with Gasteiger partial charge in [-0.05, 0) is 29.5 Å². The minimum Gasteiger partial charge on any atom is -0.491 e. The maximum Gasteiger partial charge on any atom is 0.315 e. The molecule has 2 amide bonds. The van der Waals surface area contributed by atoms with Crippen LogP contribution in [0.1, 0.15) is 10.4 Å². The Morgan fingerprint density at radius 1 is 1.30 bits per heavy atom. The molecule has 0 aliphatic carbocycles. The topological polar surface area (TPSA) is 50.4 Å². The van der Waals surface area contributed by atoms with Crippen LogP contribution < -0.4 is 15.4 Å². The molecule has 1 aliphatic heterocycles. The molecule has 0 spiro atoms. The van der Waals surface area contributed by atoms with Crippen LogP contribution in [0.15, 0.2) is 41.8 Å². The molecule has 0 fully saturated rings. The Morgan fingerprint density at radius 3 is 3.05 bits per heavy atom. The lowest BCUT2D eigenvalue weighted by atomic mass is 10.0. The molecule has 0 saturated heterocycles. The van der Waals surface area contributed by atoms with Gasteiger partial charge in [-0.3, -0.25) is 0 Å². The molecule has 104 valence electrons. The smallest absolute Gasteiger partial charge is 0.315 e. The fourth-order valence-corrected chi connectivity index (χ4v) is 2.88. The first-order chi connectivity index (χ1) is 9.81. The molecule has 1 aliphatic rings. The average molecular weight is 288 g/mol. The van der Waals surface area contributed by atoms with Crippen LogP contribution in [-0.4, -0.2) is 18.7 Å². The normalized spacial score (nSPS) is 16.9. The summed E-state index contributed by atoms with van der Waals surface area (Å²) in [5.41, 5.74) is 1.14. The third-order valence-electron chi connectivity index (χ3n) is 3.22. The van der Waals surface area contributed by atoms with Crippen molar-refractivity contribution in [2.24, 2.45) is 0 Å². The molecular weight excluding hydrogens is 272 g/mol. The molecule has 2 N–H and O–H groups in total. The molecule has 1 unspecified atom stereocenters. The number of rotatable bonds is 3. The fourth-order valence-electron chi connectivity index (χ4n) is 2.24. The average Bonchev–Trinajstić information content (AvgIpc) is 2.98. The summed E-state index contributed by atoms with van der Waals surface area (Å²) in [6, 6.07) is 11.8. The number of para-hydroxylation sites is 1. The second-order valence-corrected chi connectivity index (χ2v) is 5.76. The number of fused-ring (bicyclic) bond motifs is 1. The molecule has 2 aromatic rings. The van der Waals surface area contributed by atoms with Crippen LogP contribution in [0.5, 0.6) is 5.75 Å². The summed E-state index contributed by atoms with van der Waals surface area (Å²) in [6.45, 7) is 1.08. The SMILES string of the molecule is O=C(NCc1cccs1)NC1COc2ccccc2C1. The number of thiophene rings is 1. The molecule has 0 bridgehead atoms. The van der Waals surface area contributed by atoms with Crippen LogP contribution in [0.25, 0.3) is 0 Å². The van der Waals surface area contributed by atoms with Gasteiger partial charge in [-0.1, -0.05) is 24.3 Å². The lowest BCUT2D eigenvalue weighted by molar-refractivity contribution is 0.214. The van der Waals surface area contributed by atoms with Crippen molar-refractivity contribution in [2.45, 2.75) is 19.0 Å². The highest BCUT2D eigenvalue weighted by molar-refractivity contribution is 7.09. The maximum absolute atomic E-state index is 11.8. The summed E-state index contributed by atoms with van der Waals surface area (Å²) in [4.78, 5) is 13.0. The number of carbonyl (C=O) groups is 1. The van der Waals surface area contributed by atoms with Crippen LogP contribution in [0.2, 0.25) is 0 Å². The molecule has 1 aromatic carbocycles. The van der Waals surface area contributed by atoms with E-state index in [0.717, 1.165) is 22.6 Å². The van der Waals surface area contributed by atoms with Crippen molar-refractivity contribution in [3.63, 3.8) is 0 Å². The molecular formula is C15H16N2O2S. The highest BCUT2D eigenvalue weighted by Crippen LogP contribution is 2.23. The quantitative estimate of drug-likeness (QED) is 0.912. The largest absolute Gasteiger partial charge is 0.491 e. The first-order valence-corrected chi connectivity index (χ1v) is 7.46. The first-order valence-electron chi connectivity index (χ1n) is 6.59. The highest BCUT2D eigenvalue weighted by atomic mass is 32.1. The monoisotopic (exact) mass is 288 g/mol. The molecule has 2 heterocycles. The summed E-state index contributed by atoms with van der Waals surface area (Å²) < 4.78 is 5.65. The number of ether oxygens (including phenoxy) is 1. The highest BCUT2D eigenvalue weighted by Gasteiger charge is 2.20. The van der Waals surface area contributed by atoms with Crippen molar-refractivity contribution in [1.82, 2.24) is 10.6 Å². The number of carbonyl (C=O) groups excluding carboxylic acids is 1. The van der Waals surface area contributed by atoms with Gasteiger partial charge < -0.3 is 15.4 Å². The third-order valence-corrected chi connectivity index (χ3v) is 4.09. The van der Waals surface area contributed by atoms with Crippen molar-refractivity contribution < 1.29 is 9.53 Å². The number of urea groups is 1. The van der Waals surface area contributed by atoms with E-state index in [1.165, 1.54) is 0 Å². The van der Waals surface area contributed by atoms with E-state index in [1.54, 1.807) is 11.3 Å². The van der Waals surface area contributed by atoms with E-state index in [4.69, 9.17) is 4.74 Å². The standard InChI is InChI=1S/C15H16N2O2S/c18-15(16-9-13-5-3-7-20-13)17-12-8-11-4-1-2-6-14(11)19-10-12/h1-7,12H,8-10H2,(H2,16,17,18). The molecule has 0 radical (unpaired) electrons. The van der Waals surface area contributed by atoms with Gasteiger partial charge in [0.2, 0.25) is 0 Å². The number of amides is 2. The van der Waals surface area contributed by atoms with Crippen LogP contribution in [-0.2, 0) is 13.0 Å². The lowest BCUT2D eigenvalue weighted by Crippen LogP contribution is -2.46. The van der Waals surface area contributed by atoms with Crippen molar-refractivity contribution >= 4 is 17.4 Å².